The zero-order valence-corrected chi connectivity index (χ0v) is 13.7. The molecule has 0 radical (unpaired) electrons. The lowest BCUT2D eigenvalue weighted by atomic mass is 9.84. The lowest BCUT2D eigenvalue weighted by Gasteiger charge is -2.31. The molecular formula is C16H34N2O2. The van der Waals surface area contributed by atoms with Gasteiger partial charge in [0, 0.05) is 19.1 Å². The van der Waals surface area contributed by atoms with Crippen LogP contribution in [0.3, 0.4) is 0 Å². The lowest BCUT2D eigenvalue weighted by molar-refractivity contribution is -0.123. The molecule has 4 N–H and O–H groups in total. The zero-order chi connectivity index (χ0) is 15.6. The van der Waals surface area contributed by atoms with Gasteiger partial charge in [-0.2, -0.15) is 0 Å². The Morgan fingerprint density at radius 3 is 2.30 bits per heavy atom. The number of aliphatic hydroxyl groups is 1. The third-order valence-electron chi connectivity index (χ3n) is 3.85. The van der Waals surface area contributed by atoms with Gasteiger partial charge in [0.25, 0.3) is 0 Å². The molecule has 4 nitrogen and oxygen atoms in total. The first-order chi connectivity index (χ1) is 9.35. The Labute approximate surface area is 124 Å². The van der Waals surface area contributed by atoms with Crippen molar-refractivity contribution in [2.24, 2.45) is 17.1 Å². The van der Waals surface area contributed by atoms with Crippen LogP contribution in [0.1, 0.15) is 66.2 Å². The maximum atomic E-state index is 12.1. The normalized spacial score (nSPS) is 14.9. The second-order valence-electron chi connectivity index (χ2n) is 6.77. The van der Waals surface area contributed by atoms with Crippen molar-refractivity contribution in [3.05, 3.63) is 0 Å². The number of carbonyl (C=O) groups is 1. The summed E-state index contributed by atoms with van der Waals surface area (Å²) in [6.45, 7) is 9.22. The number of hydrogen-bond donors (Lipinski definition) is 3. The summed E-state index contributed by atoms with van der Waals surface area (Å²) in [4.78, 5) is 12.1. The van der Waals surface area contributed by atoms with Crippen molar-refractivity contribution < 1.29 is 9.90 Å². The molecule has 1 amide bonds. The first-order valence-corrected chi connectivity index (χ1v) is 7.95. The van der Waals surface area contributed by atoms with Gasteiger partial charge >= 0.3 is 0 Å². The van der Waals surface area contributed by atoms with Crippen LogP contribution in [0.25, 0.3) is 0 Å². The minimum absolute atomic E-state index is 0.0270. The first-order valence-electron chi connectivity index (χ1n) is 7.95. The molecule has 0 saturated heterocycles. The van der Waals surface area contributed by atoms with Crippen molar-refractivity contribution in [1.29, 1.82) is 0 Å². The molecular weight excluding hydrogens is 252 g/mol. The summed E-state index contributed by atoms with van der Waals surface area (Å²) in [7, 11) is 0. The fraction of sp³-hybridized carbons (Fsp3) is 0.938. The Morgan fingerprint density at radius 2 is 1.85 bits per heavy atom. The maximum absolute atomic E-state index is 12.1. The third kappa shape index (κ3) is 8.54. The van der Waals surface area contributed by atoms with Crippen LogP contribution in [0, 0.1) is 11.3 Å². The fourth-order valence-electron chi connectivity index (χ4n) is 2.53. The molecule has 2 atom stereocenters. The predicted octanol–water partition coefficient (Wildman–Crippen LogP) is 2.45. The summed E-state index contributed by atoms with van der Waals surface area (Å²) in [5.41, 5.74) is 5.59. The van der Waals surface area contributed by atoms with Crippen molar-refractivity contribution >= 4 is 5.91 Å². The summed E-state index contributed by atoms with van der Waals surface area (Å²) in [6, 6.07) is 0.0270. The average molecular weight is 286 g/mol. The van der Waals surface area contributed by atoms with Gasteiger partial charge in [-0.25, -0.2) is 0 Å². The van der Waals surface area contributed by atoms with Crippen LogP contribution in [0.4, 0.5) is 0 Å². The Kier molecular flexibility index (Phi) is 9.86. The summed E-state index contributed by atoms with van der Waals surface area (Å²) in [5.74, 6) is 0.651. The molecule has 20 heavy (non-hydrogen) atoms. The number of rotatable bonds is 10. The second-order valence-corrected chi connectivity index (χ2v) is 6.77. The smallest absolute Gasteiger partial charge is 0.220 e. The molecule has 120 valence electrons. The third-order valence-corrected chi connectivity index (χ3v) is 3.85. The standard InChI is InChI=1S/C16H34N2O2/c1-5-6-13(9-11-17)7-8-15(20)18-14(10-12-19)16(2,3)4/h13-14,19H,5-12,17H2,1-4H3,(H,18,20). The highest BCUT2D eigenvalue weighted by Crippen LogP contribution is 2.22. The van der Waals surface area contributed by atoms with Crippen molar-refractivity contribution in [2.45, 2.75) is 72.3 Å². The molecule has 0 aliphatic carbocycles. The van der Waals surface area contributed by atoms with Crippen LogP contribution in [0.5, 0.6) is 0 Å². The number of amides is 1. The minimum atomic E-state index is -0.0293. The van der Waals surface area contributed by atoms with Crippen LogP contribution in [-0.2, 0) is 4.79 Å². The molecule has 0 rings (SSSR count). The van der Waals surface area contributed by atoms with Crippen molar-refractivity contribution in [2.75, 3.05) is 13.2 Å². The molecule has 4 heteroatoms. The van der Waals surface area contributed by atoms with E-state index in [4.69, 9.17) is 10.8 Å². The molecule has 0 saturated carbocycles. The van der Waals surface area contributed by atoms with Gasteiger partial charge in [-0.05, 0) is 37.1 Å². The van der Waals surface area contributed by atoms with Gasteiger partial charge in [-0.3, -0.25) is 4.79 Å². The van der Waals surface area contributed by atoms with Gasteiger partial charge in [0.15, 0.2) is 0 Å². The van der Waals surface area contributed by atoms with Gasteiger partial charge in [0.2, 0.25) is 5.91 Å². The van der Waals surface area contributed by atoms with Crippen molar-refractivity contribution in [1.82, 2.24) is 5.32 Å². The lowest BCUT2D eigenvalue weighted by Crippen LogP contribution is -2.44. The minimum Gasteiger partial charge on any atom is -0.396 e. The predicted molar refractivity (Wildman–Crippen MR) is 84.4 cm³/mol. The molecule has 2 unspecified atom stereocenters. The van der Waals surface area contributed by atoms with E-state index in [1.54, 1.807) is 0 Å². The van der Waals surface area contributed by atoms with Crippen LogP contribution in [0.2, 0.25) is 0 Å². The van der Waals surface area contributed by atoms with E-state index >= 15 is 0 Å². The summed E-state index contributed by atoms with van der Waals surface area (Å²) >= 11 is 0. The van der Waals surface area contributed by atoms with Crippen LogP contribution >= 0.6 is 0 Å². The van der Waals surface area contributed by atoms with Crippen LogP contribution in [0.15, 0.2) is 0 Å². The van der Waals surface area contributed by atoms with E-state index in [0.29, 0.717) is 25.3 Å². The highest BCUT2D eigenvalue weighted by Gasteiger charge is 2.25. The molecule has 0 spiro atoms. The van der Waals surface area contributed by atoms with Crippen molar-refractivity contribution in [3.63, 3.8) is 0 Å². The monoisotopic (exact) mass is 286 g/mol. The van der Waals surface area contributed by atoms with Crippen LogP contribution < -0.4 is 11.1 Å². The van der Waals surface area contributed by atoms with Crippen LogP contribution in [-0.4, -0.2) is 30.2 Å². The van der Waals surface area contributed by atoms with Gasteiger partial charge in [0.05, 0.1) is 0 Å². The number of nitrogens with one attached hydrogen (secondary N) is 1. The zero-order valence-electron chi connectivity index (χ0n) is 13.7. The Bertz CT molecular complexity index is 256. The van der Waals surface area contributed by atoms with E-state index in [1.807, 2.05) is 0 Å². The van der Waals surface area contributed by atoms with E-state index in [9.17, 15) is 4.79 Å². The van der Waals surface area contributed by atoms with E-state index in [1.165, 1.54) is 0 Å². The van der Waals surface area contributed by atoms with Gasteiger partial charge in [0.1, 0.15) is 0 Å². The summed E-state index contributed by atoms with van der Waals surface area (Å²) in [5, 5.41) is 12.2. The molecule has 0 heterocycles. The van der Waals surface area contributed by atoms with Gasteiger partial charge in [-0.15, -0.1) is 0 Å². The quantitative estimate of drug-likeness (QED) is 0.577. The fourth-order valence-corrected chi connectivity index (χ4v) is 2.53. The van der Waals surface area contributed by atoms with E-state index in [2.05, 4.69) is 33.0 Å². The highest BCUT2D eigenvalue weighted by atomic mass is 16.3. The molecule has 0 fully saturated rings. The largest absolute Gasteiger partial charge is 0.396 e. The molecule has 0 aliphatic heterocycles. The Hall–Kier alpha value is -0.610. The number of nitrogens with two attached hydrogens (primary N) is 1. The second kappa shape index (κ2) is 10.2. The Balaban J connectivity index is 4.24. The molecule has 0 aromatic carbocycles. The van der Waals surface area contributed by atoms with E-state index in [-0.39, 0.29) is 24.0 Å². The Morgan fingerprint density at radius 1 is 1.20 bits per heavy atom. The number of carbonyl (C=O) groups excluding carboxylic acids is 1. The number of aliphatic hydroxyl groups excluding tert-OH is 1. The van der Waals surface area contributed by atoms with Gasteiger partial charge < -0.3 is 16.2 Å². The van der Waals surface area contributed by atoms with E-state index < -0.39 is 0 Å². The first kappa shape index (κ1) is 19.4. The molecule has 0 aliphatic rings. The summed E-state index contributed by atoms with van der Waals surface area (Å²) in [6.07, 6.45) is 5.36. The molecule has 0 aromatic heterocycles. The SMILES string of the molecule is CCCC(CCN)CCC(=O)NC(CCO)C(C)(C)C. The maximum Gasteiger partial charge on any atom is 0.220 e. The van der Waals surface area contributed by atoms with E-state index in [0.717, 1.165) is 25.7 Å². The van der Waals surface area contributed by atoms with Gasteiger partial charge in [-0.1, -0.05) is 40.5 Å². The van der Waals surface area contributed by atoms with Crippen molar-refractivity contribution in [3.8, 4) is 0 Å². The summed E-state index contributed by atoms with van der Waals surface area (Å²) < 4.78 is 0. The highest BCUT2D eigenvalue weighted by molar-refractivity contribution is 5.76. The number of hydrogen-bond acceptors (Lipinski definition) is 3. The average Bonchev–Trinajstić information content (AvgIpc) is 2.35. The molecule has 0 aromatic rings. The topological polar surface area (TPSA) is 75.4 Å². The molecule has 0 bridgehead atoms.